The van der Waals surface area contributed by atoms with E-state index in [0.29, 0.717) is 56.3 Å². The molecule has 4 atom stereocenters. The fourth-order valence-electron chi connectivity index (χ4n) is 4.89. The third-order valence-corrected chi connectivity index (χ3v) is 7.05. The Morgan fingerprint density at radius 3 is 2.62 bits per heavy atom. The van der Waals surface area contributed by atoms with Crippen molar-refractivity contribution in [3.05, 3.63) is 23.8 Å². The molecule has 208 valence electrons. The van der Waals surface area contributed by atoms with Gasteiger partial charge in [0.1, 0.15) is 6.10 Å². The van der Waals surface area contributed by atoms with Gasteiger partial charge in [0.2, 0.25) is 0 Å². The zero-order valence-electron chi connectivity index (χ0n) is 22.5. The fraction of sp³-hybridized carbons (Fsp3) is 0.704. The first kappa shape index (κ1) is 29.0. The van der Waals surface area contributed by atoms with Crippen molar-refractivity contribution < 1.29 is 33.6 Å². The van der Waals surface area contributed by atoms with Crippen molar-refractivity contribution in [2.45, 2.75) is 70.2 Å². The lowest BCUT2D eigenvalue weighted by atomic mass is 9.93. The molecule has 1 aliphatic heterocycles. The van der Waals surface area contributed by atoms with Crippen LogP contribution in [-0.2, 0) is 9.47 Å². The Labute approximate surface area is 220 Å². The molecule has 3 rings (SSSR count). The maximum absolute atomic E-state index is 13.6. The molecule has 0 unspecified atom stereocenters. The molecule has 1 saturated heterocycles. The van der Waals surface area contributed by atoms with Crippen molar-refractivity contribution in [2.75, 3.05) is 47.1 Å². The second kappa shape index (κ2) is 14.4. The summed E-state index contributed by atoms with van der Waals surface area (Å²) in [7, 11) is 3.21. The summed E-state index contributed by atoms with van der Waals surface area (Å²) in [5, 5.41) is 16.3. The van der Waals surface area contributed by atoms with Crippen LogP contribution in [0.15, 0.2) is 18.2 Å². The number of aliphatic hydroxyl groups excluding tert-OH is 1. The fourth-order valence-corrected chi connectivity index (χ4v) is 4.89. The molecular weight excluding hydrogens is 478 g/mol. The molecule has 1 aromatic rings. The molecule has 2 fully saturated rings. The van der Waals surface area contributed by atoms with Crippen LogP contribution in [0.5, 0.6) is 11.5 Å². The van der Waals surface area contributed by atoms with Gasteiger partial charge in [-0.15, -0.1) is 0 Å². The van der Waals surface area contributed by atoms with E-state index in [0.717, 1.165) is 25.7 Å². The maximum atomic E-state index is 13.6. The number of carbonyl (C=O) groups is 2. The van der Waals surface area contributed by atoms with Crippen LogP contribution in [0.2, 0.25) is 0 Å². The van der Waals surface area contributed by atoms with E-state index in [1.54, 1.807) is 37.3 Å². The number of carbonyl (C=O) groups excluding carboxylic acids is 2. The number of nitrogens with one attached hydrogen (secondary N) is 2. The predicted molar refractivity (Wildman–Crippen MR) is 139 cm³/mol. The molecule has 1 heterocycles. The number of alkyl carbamates (subject to hydrolysis) is 1. The zero-order valence-corrected chi connectivity index (χ0v) is 22.5. The average molecular weight is 522 g/mol. The molecule has 0 spiro atoms. The van der Waals surface area contributed by atoms with Crippen molar-refractivity contribution in [2.24, 2.45) is 5.92 Å². The molecular formula is C27H43N3O7. The summed E-state index contributed by atoms with van der Waals surface area (Å²) >= 11 is 0. The number of amides is 2. The summed E-state index contributed by atoms with van der Waals surface area (Å²) in [6, 6.07) is 4.86. The van der Waals surface area contributed by atoms with Gasteiger partial charge in [-0.25, -0.2) is 4.79 Å². The van der Waals surface area contributed by atoms with Crippen molar-refractivity contribution in [1.82, 2.24) is 15.5 Å². The van der Waals surface area contributed by atoms with Crippen molar-refractivity contribution in [3.8, 4) is 11.5 Å². The first-order valence-corrected chi connectivity index (χ1v) is 13.3. The topological polar surface area (TPSA) is 119 Å². The van der Waals surface area contributed by atoms with E-state index in [1.165, 1.54) is 0 Å². The lowest BCUT2D eigenvalue weighted by Crippen LogP contribution is -2.48. The Balaban J connectivity index is 1.64. The second-order valence-electron chi connectivity index (χ2n) is 10.1. The van der Waals surface area contributed by atoms with Gasteiger partial charge < -0.3 is 39.6 Å². The molecule has 3 N–H and O–H groups in total. The number of nitrogens with zero attached hydrogens (tertiary/aromatic N) is 1. The summed E-state index contributed by atoms with van der Waals surface area (Å²) in [5.41, 5.74) is 0.503. The van der Waals surface area contributed by atoms with E-state index >= 15 is 0 Å². The number of ether oxygens (including phenoxy) is 4. The quantitative estimate of drug-likeness (QED) is 0.359. The van der Waals surface area contributed by atoms with Crippen molar-refractivity contribution in [3.63, 3.8) is 0 Å². The number of hydrogen-bond donors (Lipinski definition) is 3. The first-order chi connectivity index (χ1) is 17.8. The molecule has 0 radical (unpaired) electrons. The van der Waals surface area contributed by atoms with Crippen LogP contribution in [-0.4, -0.2) is 93.4 Å². The molecule has 0 aromatic heterocycles. The van der Waals surface area contributed by atoms with E-state index in [4.69, 9.17) is 18.9 Å². The van der Waals surface area contributed by atoms with Gasteiger partial charge in [-0.3, -0.25) is 4.79 Å². The Bertz CT molecular complexity index is 882. The summed E-state index contributed by atoms with van der Waals surface area (Å²) in [5.74, 6) is 0.891. The summed E-state index contributed by atoms with van der Waals surface area (Å²) < 4.78 is 22.1. The van der Waals surface area contributed by atoms with E-state index in [-0.39, 0.29) is 30.0 Å². The molecule has 0 bridgehead atoms. The SMILES string of the molecule is COCCCOc1cc(C(=O)N(C[C@@H]2CNC[C@H]2OC(=O)N[C@@H]2CCCC[C@H]2O)C(C)C)ccc1OC. The van der Waals surface area contributed by atoms with Crippen molar-refractivity contribution in [1.29, 1.82) is 0 Å². The number of benzene rings is 1. The number of rotatable bonds is 12. The van der Waals surface area contributed by atoms with Gasteiger partial charge in [-0.05, 0) is 44.9 Å². The Hall–Kier alpha value is -2.56. The molecule has 10 heteroatoms. The van der Waals surface area contributed by atoms with Gasteiger partial charge in [-0.1, -0.05) is 12.8 Å². The molecule has 1 aromatic carbocycles. The highest BCUT2D eigenvalue weighted by Crippen LogP contribution is 2.29. The summed E-state index contributed by atoms with van der Waals surface area (Å²) in [6.45, 7) is 6.56. The van der Waals surface area contributed by atoms with Crippen LogP contribution in [0.25, 0.3) is 0 Å². The Morgan fingerprint density at radius 2 is 1.92 bits per heavy atom. The standard InChI is InChI=1S/C27H43N3O7/c1-18(2)30(26(32)19-10-11-23(35-4)24(14-19)36-13-7-12-34-3)17-20-15-28-16-25(20)37-27(33)29-21-8-5-6-9-22(21)31/h10-11,14,18,20-22,25,28,31H,5-9,12-13,15-17H2,1-4H3,(H,29,33)/t20-,21+,22+,25+/m0/s1. The third kappa shape index (κ3) is 8.21. The molecule has 2 aliphatic rings. The van der Waals surface area contributed by atoms with E-state index in [2.05, 4.69) is 10.6 Å². The first-order valence-electron chi connectivity index (χ1n) is 13.3. The van der Waals surface area contributed by atoms with E-state index in [9.17, 15) is 14.7 Å². The monoisotopic (exact) mass is 521 g/mol. The largest absolute Gasteiger partial charge is 0.493 e. The summed E-state index contributed by atoms with van der Waals surface area (Å²) in [6.07, 6.45) is 2.69. The third-order valence-electron chi connectivity index (χ3n) is 7.05. The lowest BCUT2D eigenvalue weighted by Gasteiger charge is -2.32. The average Bonchev–Trinajstić information content (AvgIpc) is 3.32. The molecule has 2 amide bonds. The van der Waals surface area contributed by atoms with Gasteiger partial charge >= 0.3 is 6.09 Å². The van der Waals surface area contributed by atoms with E-state index < -0.39 is 12.2 Å². The zero-order chi connectivity index (χ0) is 26.8. The predicted octanol–water partition coefficient (Wildman–Crippen LogP) is 2.58. The highest BCUT2D eigenvalue weighted by atomic mass is 16.6. The van der Waals surface area contributed by atoms with Gasteiger partial charge in [0.05, 0.1) is 25.9 Å². The second-order valence-corrected chi connectivity index (χ2v) is 10.1. The lowest BCUT2D eigenvalue weighted by molar-refractivity contribution is 0.0438. The Morgan fingerprint density at radius 1 is 1.14 bits per heavy atom. The maximum Gasteiger partial charge on any atom is 0.407 e. The van der Waals surface area contributed by atoms with Crippen LogP contribution in [0, 0.1) is 5.92 Å². The van der Waals surface area contributed by atoms with Gasteiger partial charge in [0, 0.05) is 57.3 Å². The minimum atomic E-state index is -0.536. The number of aliphatic hydroxyl groups is 1. The van der Waals surface area contributed by atoms with Gasteiger partial charge in [-0.2, -0.15) is 0 Å². The minimum absolute atomic E-state index is 0.0589. The van der Waals surface area contributed by atoms with Crippen LogP contribution in [0.4, 0.5) is 4.79 Å². The Kier molecular flexibility index (Phi) is 11.3. The van der Waals surface area contributed by atoms with Crippen molar-refractivity contribution >= 4 is 12.0 Å². The highest BCUT2D eigenvalue weighted by Gasteiger charge is 2.35. The molecule has 1 saturated carbocycles. The van der Waals surface area contributed by atoms with Crippen LogP contribution < -0.4 is 20.1 Å². The molecule has 10 nitrogen and oxygen atoms in total. The van der Waals surface area contributed by atoms with Crippen LogP contribution in [0.1, 0.15) is 56.3 Å². The highest BCUT2D eigenvalue weighted by molar-refractivity contribution is 5.95. The smallest absolute Gasteiger partial charge is 0.407 e. The van der Waals surface area contributed by atoms with E-state index in [1.807, 2.05) is 13.8 Å². The van der Waals surface area contributed by atoms with Gasteiger partial charge in [0.15, 0.2) is 11.5 Å². The normalized spacial score (nSPS) is 23.5. The summed E-state index contributed by atoms with van der Waals surface area (Å²) in [4.78, 5) is 27.9. The molecule has 37 heavy (non-hydrogen) atoms. The number of hydrogen-bond acceptors (Lipinski definition) is 8. The number of methoxy groups -OCH3 is 2. The van der Waals surface area contributed by atoms with Crippen LogP contribution >= 0.6 is 0 Å². The van der Waals surface area contributed by atoms with Gasteiger partial charge in [0.25, 0.3) is 5.91 Å². The van der Waals surface area contributed by atoms with Crippen LogP contribution in [0.3, 0.4) is 0 Å². The molecule has 1 aliphatic carbocycles. The minimum Gasteiger partial charge on any atom is -0.493 e.